The molecule has 0 atom stereocenters. The number of hydrogen-bond acceptors (Lipinski definition) is 6. The summed E-state index contributed by atoms with van der Waals surface area (Å²) in [4.78, 5) is 33.3. The Morgan fingerprint density at radius 1 is 1.30 bits per heavy atom. The molecule has 0 aliphatic heterocycles. The Hall–Kier alpha value is -3.64. The Morgan fingerprint density at radius 3 is 2.67 bits per heavy atom. The lowest BCUT2D eigenvalue weighted by molar-refractivity contribution is -0.385. The Bertz CT molecular complexity index is 954. The summed E-state index contributed by atoms with van der Waals surface area (Å²) in [6.45, 7) is -0.700. The van der Waals surface area contributed by atoms with E-state index in [0.717, 1.165) is 0 Å². The second-order valence-electron chi connectivity index (χ2n) is 5.23. The monoisotopic (exact) mass is 389 g/mol. The molecule has 0 aliphatic carbocycles. The molecule has 0 radical (unpaired) electrons. The van der Waals surface area contributed by atoms with Gasteiger partial charge in [-0.3, -0.25) is 14.9 Å². The van der Waals surface area contributed by atoms with Gasteiger partial charge in [-0.1, -0.05) is 17.7 Å². The molecule has 1 amide bonds. The van der Waals surface area contributed by atoms with Crippen molar-refractivity contribution in [1.82, 2.24) is 5.32 Å². The molecular weight excluding hydrogens is 378 g/mol. The molecule has 2 rings (SSSR count). The maximum absolute atomic E-state index is 12.4. The van der Waals surface area contributed by atoms with Crippen LogP contribution in [-0.4, -0.2) is 28.5 Å². The smallest absolute Gasteiger partial charge is 0.341 e. The summed E-state index contributed by atoms with van der Waals surface area (Å²) < 4.78 is 5.06. The maximum atomic E-state index is 12.4. The number of amides is 1. The molecule has 0 bridgehead atoms. The van der Waals surface area contributed by atoms with Gasteiger partial charge in [0, 0.05) is 17.6 Å². The standard InChI is InChI=1S/C17H12ClN3O6/c18-12-3-4-13(15(6-12)27-9-16(22)23)17(24)20-8-10-1-2-11(7-19)14(5-10)21(25)26/h1-6H,8-9H2,(H,20,24)(H,22,23). The van der Waals surface area contributed by atoms with Crippen LogP contribution < -0.4 is 10.1 Å². The zero-order valence-electron chi connectivity index (χ0n) is 13.6. The normalized spacial score (nSPS) is 9.93. The van der Waals surface area contributed by atoms with Crippen LogP contribution in [0.25, 0.3) is 0 Å². The number of nitro benzene ring substituents is 1. The largest absolute Gasteiger partial charge is 0.481 e. The third kappa shape index (κ3) is 5.17. The molecule has 0 fully saturated rings. The van der Waals surface area contributed by atoms with Gasteiger partial charge in [-0.25, -0.2) is 4.79 Å². The van der Waals surface area contributed by atoms with E-state index in [1.807, 2.05) is 0 Å². The first-order chi connectivity index (χ1) is 12.8. The molecule has 0 aliphatic rings. The molecule has 0 heterocycles. The van der Waals surface area contributed by atoms with Gasteiger partial charge in [-0.05, 0) is 29.8 Å². The SMILES string of the molecule is N#Cc1ccc(CNC(=O)c2ccc(Cl)cc2OCC(=O)O)cc1[N+](=O)[O-]. The third-order valence-corrected chi connectivity index (χ3v) is 3.61. The number of hydrogen-bond donors (Lipinski definition) is 2. The van der Waals surface area contributed by atoms with Crippen LogP contribution in [0.5, 0.6) is 5.75 Å². The van der Waals surface area contributed by atoms with E-state index in [4.69, 9.17) is 26.7 Å². The number of ether oxygens (including phenoxy) is 1. The van der Waals surface area contributed by atoms with Crippen LogP contribution in [0.3, 0.4) is 0 Å². The number of nitriles is 1. The van der Waals surface area contributed by atoms with Gasteiger partial charge in [0.2, 0.25) is 0 Å². The first kappa shape index (κ1) is 19.7. The molecule has 10 heteroatoms. The van der Waals surface area contributed by atoms with Crippen LogP contribution in [0.2, 0.25) is 5.02 Å². The Labute approximate surface area is 157 Å². The van der Waals surface area contributed by atoms with Gasteiger partial charge in [0.25, 0.3) is 11.6 Å². The molecule has 0 saturated heterocycles. The molecule has 0 spiro atoms. The summed E-state index contributed by atoms with van der Waals surface area (Å²) in [5.41, 5.74) is 0.0261. The van der Waals surface area contributed by atoms with Gasteiger partial charge in [0.15, 0.2) is 6.61 Å². The minimum absolute atomic E-state index is 0.00629. The van der Waals surface area contributed by atoms with E-state index in [-0.39, 0.29) is 34.1 Å². The summed E-state index contributed by atoms with van der Waals surface area (Å²) in [7, 11) is 0. The number of carbonyl (C=O) groups excluding carboxylic acids is 1. The fourth-order valence-electron chi connectivity index (χ4n) is 2.15. The minimum Gasteiger partial charge on any atom is -0.481 e. The van der Waals surface area contributed by atoms with E-state index in [1.165, 1.54) is 36.4 Å². The van der Waals surface area contributed by atoms with Crippen molar-refractivity contribution in [1.29, 1.82) is 5.26 Å². The molecule has 2 aromatic rings. The number of nitro groups is 1. The van der Waals surface area contributed by atoms with E-state index >= 15 is 0 Å². The van der Waals surface area contributed by atoms with Gasteiger partial charge in [-0.2, -0.15) is 5.26 Å². The van der Waals surface area contributed by atoms with Crippen molar-refractivity contribution < 1.29 is 24.4 Å². The fraction of sp³-hybridized carbons (Fsp3) is 0.118. The lowest BCUT2D eigenvalue weighted by Crippen LogP contribution is -2.24. The maximum Gasteiger partial charge on any atom is 0.341 e. The van der Waals surface area contributed by atoms with Crippen molar-refractivity contribution in [3.05, 3.63) is 68.2 Å². The highest BCUT2D eigenvalue weighted by atomic mass is 35.5. The average molecular weight is 390 g/mol. The number of aliphatic carboxylic acids is 1. The fourth-order valence-corrected chi connectivity index (χ4v) is 2.32. The van der Waals surface area contributed by atoms with Crippen LogP contribution in [-0.2, 0) is 11.3 Å². The number of halogens is 1. The number of nitrogens with zero attached hydrogens (tertiary/aromatic N) is 2. The Morgan fingerprint density at radius 2 is 2.04 bits per heavy atom. The molecule has 138 valence electrons. The predicted molar refractivity (Wildman–Crippen MR) is 93.6 cm³/mol. The van der Waals surface area contributed by atoms with Crippen molar-refractivity contribution in [2.75, 3.05) is 6.61 Å². The summed E-state index contributed by atoms with van der Waals surface area (Å²) in [6.07, 6.45) is 0. The summed E-state index contributed by atoms with van der Waals surface area (Å²) in [5, 5.41) is 31.4. The molecular formula is C17H12ClN3O6. The van der Waals surface area contributed by atoms with E-state index in [0.29, 0.717) is 5.56 Å². The highest BCUT2D eigenvalue weighted by Crippen LogP contribution is 2.24. The van der Waals surface area contributed by atoms with Crippen molar-refractivity contribution >= 4 is 29.2 Å². The molecule has 0 saturated carbocycles. The second kappa shape index (κ2) is 8.64. The zero-order valence-corrected chi connectivity index (χ0v) is 14.4. The number of benzene rings is 2. The quantitative estimate of drug-likeness (QED) is 0.547. The van der Waals surface area contributed by atoms with Crippen molar-refractivity contribution in [3.8, 4) is 11.8 Å². The van der Waals surface area contributed by atoms with Gasteiger partial charge in [0.1, 0.15) is 17.4 Å². The number of rotatable bonds is 7. The molecule has 27 heavy (non-hydrogen) atoms. The number of carbonyl (C=O) groups is 2. The van der Waals surface area contributed by atoms with Gasteiger partial charge in [0.05, 0.1) is 10.5 Å². The number of nitrogens with one attached hydrogen (secondary N) is 1. The van der Waals surface area contributed by atoms with Crippen molar-refractivity contribution in [2.45, 2.75) is 6.54 Å². The van der Waals surface area contributed by atoms with Crippen LogP contribution in [0.4, 0.5) is 5.69 Å². The lowest BCUT2D eigenvalue weighted by Gasteiger charge is -2.11. The Kier molecular flexibility index (Phi) is 6.30. The van der Waals surface area contributed by atoms with E-state index in [1.54, 1.807) is 6.07 Å². The van der Waals surface area contributed by atoms with Gasteiger partial charge in [-0.15, -0.1) is 0 Å². The number of carboxylic acid groups (broad SMARTS) is 1. The summed E-state index contributed by atoms with van der Waals surface area (Å²) in [5.74, 6) is -1.81. The molecule has 0 aromatic heterocycles. The molecule has 2 aromatic carbocycles. The van der Waals surface area contributed by atoms with Crippen LogP contribution in [0, 0.1) is 21.4 Å². The highest BCUT2D eigenvalue weighted by molar-refractivity contribution is 6.30. The Balaban J connectivity index is 2.17. The van der Waals surface area contributed by atoms with Gasteiger partial charge < -0.3 is 15.2 Å². The average Bonchev–Trinajstić information content (AvgIpc) is 2.64. The summed E-state index contributed by atoms with van der Waals surface area (Å²) in [6, 6.07) is 9.82. The van der Waals surface area contributed by atoms with E-state index in [2.05, 4.69) is 5.32 Å². The highest BCUT2D eigenvalue weighted by Gasteiger charge is 2.17. The first-order valence-corrected chi connectivity index (χ1v) is 7.79. The third-order valence-electron chi connectivity index (χ3n) is 3.37. The predicted octanol–water partition coefficient (Wildman–Crippen LogP) is 2.51. The minimum atomic E-state index is -1.22. The molecule has 2 N–H and O–H groups in total. The van der Waals surface area contributed by atoms with Crippen LogP contribution >= 0.6 is 11.6 Å². The lowest BCUT2D eigenvalue weighted by atomic mass is 10.1. The zero-order chi connectivity index (χ0) is 20.0. The van der Waals surface area contributed by atoms with Crippen LogP contribution in [0.1, 0.15) is 21.5 Å². The van der Waals surface area contributed by atoms with E-state index < -0.39 is 23.4 Å². The second-order valence-corrected chi connectivity index (χ2v) is 5.66. The van der Waals surface area contributed by atoms with Crippen LogP contribution in [0.15, 0.2) is 36.4 Å². The number of carboxylic acids is 1. The van der Waals surface area contributed by atoms with Crippen molar-refractivity contribution in [3.63, 3.8) is 0 Å². The molecule has 0 unspecified atom stereocenters. The van der Waals surface area contributed by atoms with Gasteiger partial charge >= 0.3 is 5.97 Å². The summed E-state index contributed by atoms with van der Waals surface area (Å²) >= 11 is 5.84. The van der Waals surface area contributed by atoms with Crippen molar-refractivity contribution in [2.24, 2.45) is 0 Å². The molecule has 9 nitrogen and oxygen atoms in total. The van der Waals surface area contributed by atoms with E-state index in [9.17, 15) is 19.7 Å². The first-order valence-electron chi connectivity index (χ1n) is 7.41. The topological polar surface area (TPSA) is 143 Å².